The molecule has 0 unspecified atom stereocenters. The molecule has 3 aromatic heterocycles. The number of pyridine rings is 1. The highest BCUT2D eigenvalue weighted by molar-refractivity contribution is 5.85. The Balaban J connectivity index is 1.73. The van der Waals surface area contributed by atoms with Crippen molar-refractivity contribution in [2.75, 3.05) is 4.90 Å². The molecule has 1 N–H and O–H groups in total. The van der Waals surface area contributed by atoms with E-state index in [9.17, 15) is 14.7 Å². The number of anilines is 1. The van der Waals surface area contributed by atoms with E-state index < -0.39 is 11.5 Å². The topological polar surface area (TPSA) is 106 Å². The summed E-state index contributed by atoms with van der Waals surface area (Å²) in [5, 5.41) is 18.9. The average molecular weight is 376 g/mol. The lowest BCUT2D eigenvalue weighted by Crippen LogP contribution is -2.34. The van der Waals surface area contributed by atoms with Crippen LogP contribution in [0.5, 0.6) is 0 Å². The Morgan fingerprint density at radius 2 is 2.11 bits per heavy atom. The standard InChI is InChI=1S/C19H16N6O3/c1-23-12-15(10-21-23)25-8-6-17(26)18(22-25)24(19(27)28)11-13-4-5-16-14(9-13)3-2-7-20-16/h2-10,12H,11H2,1H3,(H,27,28). The van der Waals surface area contributed by atoms with Gasteiger partial charge in [0, 0.05) is 30.9 Å². The first-order chi connectivity index (χ1) is 13.5. The molecule has 0 radical (unpaired) electrons. The fourth-order valence-corrected chi connectivity index (χ4v) is 2.89. The van der Waals surface area contributed by atoms with Crippen LogP contribution in [0.4, 0.5) is 10.6 Å². The first kappa shape index (κ1) is 17.4. The molecule has 28 heavy (non-hydrogen) atoms. The highest BCUT2D eigenvalue weighted by Gasteiger charge is 2.20. The molecule has 9 nitrogen and oxygen atoms in total. The van der Waals surface area contributed by atoms with E-state index in [4.69, 9.17) is 0 Å². The first-order valence-electron chi connectivity index (χ1n) is 8.44. The fraction of sp³-hybridized carbons (Fsp3) is 0.105. The lowest BCUT2D eigenvalue weighted by atomic mass is 10.1. The number of carboxylic acid groups (broad SMARTS) is 1. The predicted octanol–water partition coefficient (Wildman–Crippen LogP) is 2.20. The number of aromatic nitrogens is 5. The third-order valence-electron chi connectivity index (χ3n) is 4.24. The van der Waals surface area contributed by atoms with Gasteiger partial charge in [-0.2, -0.15) is 5.10 Å². The van der Waals surface area contributed by atoms with Crippen molar-refractivity contribution in [1.29, 1.82) is 0 Å². The maximum Gasteiger partial charge on any atom is 0.413 e. The third-order valence-corrected chi connectivity index (χ3v) is 4.24. The van der Waals surface area contributed by atoms with E-state index in [0.717, 1.165) is 21.4 Å². The summed E-state index contributed by atoms with van der Waals surface area (Å²) < 4.78 is 3.01. The van der Waals surface area contributed by atoms with Crippen LogP contribution in [0.2, 0.25) is 0 Å². The molecule has 0 aliphatic heterocycles. The molecule has 0 saturated carbocycles. The number of benzene rings is 1. The van der Waals surface area contributed by atoms with Gasteiger partial charge in [0.2, 0.25) is 11.2 Å². The number of hydrogen-bond donors (Lipinski definition) is 1. The van der Waals surface area contributed by atoms with Crippen LogP contribution >= 0.6 is 0 Å². The molecule has 4 rings (SSSR count). The van der Waals surface area contributed by atoms with Gasteiger partial charge in [-0.15, -0.1) is 5.10 Å². The van der Waals surface area contributed by atoms with Crippen molar-refractivity contribution in [2.24, 2.45) is 7.05 Å². The Kier molecular flexibility index (Phi) is 4.32. The lowest BCUT2D eigenvalue weighted by Gasteiger charge is -2.18. The van der Waals surface area contributed by atoms with Crippen LogP contribution in [0.1, 0.15) is 5.56 Å². The quantitative estimate of drug-likeness (QED) is 0.585. The Hall–Kier alpha value is -4.01. The van der Waals surface area contributed by atoms with Crippen molar-refractivity contribution in [1.82, 2.24) is 24.5 Å². The van der Waals surface area contributed by atoms with E-state index >= 15 is 0 Å². The normalized spacial score (nSPS) is 10.9. The van der Waals surface area contributed by atoms with Crippen LogP contribution in [0.25, 0.3) is 16.6 Å². The molecule has 0 aliphatic carbocycles. The highest BCUT2D eigenvalue weighted by atomic mass is 16.4. The van der Waals surface area contributed by atoms with Gasteiger partial charge in [0.05, 0.1) is 24.5 Å². The van der Waals surface area contributed by atoms with Crippen molar-refractivity contribution in [3.05, 3.63) is 77.0 Å². The molecule has 0 spiro atoms. The summed E-state index contributed by atoms with van der Waals surface area (Å²) in [5.74, 6) is -0.176. The van der Waals surface area contributed by atoms with Crippen LogP contribution < -0.4 is 10.3 Å². The van der Waals surface area contributed by atoms with Gasteiger partial charge in [-0.05, 0) is 23.8 Å². The summed E-state index contributed by atoms with van der Waals surface area (Å²) in [4.78, 5) is 29.4. The molecule has 0 atom stereocenters. The van der Waals surface area contributed by atoms with Crippen molar-refractivity contribution in [2.45, 2.75) is 6.54 Å². The minimum absolute atomic E-state index is 0.0144. The van der Waals surface area contributed by atoms with Crippen LogP contribution in [0, 0.1) is 0 Å². The van der Waals surface area contributed by atoms with Crippen molar-refractivity contribution in [3.63, 3.8) is 0 Å². The minimum atomic E-state index is -1.26. The number of fused-ring (bicyclic) bond motifs is 1. The van der Waals surface area contributed by atoms with Gasteiger partial charge in [-0.3, -0.25) is 19.4 Å². The van der Waals surface area contributed by atoms with Gasteiger partial charge in [-0.1, -0.05) is 12.1 Å². The van der Waals surface area contributed by atoms with Crippen LogP contribution in [-0.2, 0) is 13.6 Å². The molecule has 3 heterocycles. The van der Waals surface area contributed by atoms with Gasteiger partial charge in [0.15, 0.2) is 0 Å². The Morgan fingerprint density at radius 1 is 1.25 bits per heavy atom. The number of nitrogens with zero attached hydrogens (tertiary/aromatic N) is 6. The van der Waals surface area contributed by atoms with Crippen molar-refractivity contribution >= 4 is 22.8 Å². The van der Waals surface area contributed by atoms with E-state index in [2.05, 4.69) is 15.2 Å². The zero-order valence-electron chi connectivity index (χ0n) is 14.9. The average Bonchev–Trinajstić information content (AvgIpc) is 3.13. The maximum atomic E-state index is 12.3. The van der Waals surface area contributed by atoms with E-state index in [0.29, 0.717) is 5.69 Å². The summed E-state index contributed by atoms with van der Waals surface area (Å²) in [6.07, 6.45) is 5.19. The number of amides is 1. The molecule has 1 amide bonds. The second kappa shape index (κ2) is 6.95. The minimum Gasteiger partial charge on any atom is -0.465 e. The van der Waals surface area contributed by atoms with Crippen LogP contribution in [0.3, 0.4) is 0 Å². The number of rotatable bonds is 4. The molecular weight excluding hydrogens is 360 g/mol. The van der Waals surface area contributed by atoms with Crippen LogP contribution in [0.15, 0.2) is 66.0 Å². The molecule has 4 aromatic rings. The summed E-state index contributed by atoms with van der Waals surface area (Å²) >= 11 is 0. The Morgan fingerprint density at radius 3 is 2.86 bits per heavy atom. The van der Waals surface area contributed by atoms with E-state index in [1.54, 1.807) is 36.4 Å². The Labute approximate surface area is 159 Å². The van der Waals surface area contributed by atoms with Gasteiger partial charge in [0.25, 0.3) is 0 Å². The molecule has 0 bridgehead atoms. The summed E-state index contributed by atoms with van der Waals surface area (Å²) in [5.41, 5.74) is 1.67. The van der Waals surface area contributed by atoms with E-state index in [1.165, 1.54) is 16.9 Å². The molecule has 0 fully saturated rings. The molecule has 0 aliphatic rings. The van der Waals surface area contributed by atoms with Crippen molar-refractivity contribution < 1.29 is 9.90 Å². The highest BCUT2D eigenvalue weighted by Crippen LogP contribution is 2.17. The van der Waals surface area contributed by atoms with E-state index in [-0.39, 0.29) is 12.4 Å². The first-order valence-corrected chi connectivity index (χ1v) is 8.44. The number of aryl methyl sites for hydroxylation is 1. The molecule has 1 aromatic carbocycles. The maximum absolute atomic E-state index is 12.3. The number of hydrogen-bond acceptors (Lipinski definition) is 5. The van der Waals surface area contributed by atoms with E-state index in [1.807, 2.05) is 24.3 Å². The molecular formula is C19H16N6O3. The molecule has 0 saturated heterocycles. The SMILES string of the molecule is Cn1cc(-n2ccc(=O)c(N(Cc3ccc4ncccc4c3)C(=O)O)n2)cn1. The summed E-state index contributed by atoms with van der Waals surface area (Å²) in [6, 6.07) is 10.4. The second-order valence-electron chi connectivity index (χ2n) is 6.22. The Bertz CT molecular complexity index is 1230. The zero-order valence-corrected chi connectivity index (χ0v) is 14.9. The monoisotopic (exact) mass is 376 g/mol. The largest absolute Gasteiger partial charge is 0.465 e. The molecule has 9 heteroatoms. The van der Waals surface area contributed by atoms with Gasteiger partial charge >= 0.3 is 6.09 Å². The summed E-state index contributed by atoms with van der Waals surface area (Å²) in [7, 11) is 1.76. The zero-order chi connectivity index (χ0) is 19.7. The van der Waals surface area contributed by atoms with Gasteiger partial charge < -0.3 is 5.11 Å². The lowest BCUT2D eigenvalue weighted by molar-refractivity contribution is 0.201. The summed E-state index contributed by atoms with van der Waals surface area (Å²) in [6.45, 7) is -0.0144. The number of carbonyl (C=O) groups is 1. The second-order valence-corrected chi connectivity index (χ2v) is 6.22. The van der Waals surface area contributed by atoms with Gasteiger partial charge in [-0.25, -0.2) is 9.48 Å². The molecule has 140 valence electrons. The van der Waals surface area contributed by atoms with Gasteiger partial charge in [0.1, 0.15) is 5.69 Å². The third kappa shape index (κ3) is 3.32. The fourth-order valence-electron chi connectivity index (χ4n) is 2.89. The van der Waals surface area contributed by atoms with Crippen LogP contribution in [-0.4, -0.2) is 35.7 Å². The predicted molar refractivity (Wildman–Crippen MR) is 103 cm³/mol. The van der Waals surface area contributed by atoms with Crippen molar-refractivity contribution in [3.8, 4) is 5.69 Å². The smallest absolute Gasteiger partial charge is 0.413 e.